The second-order valence-corrected chi connectivity index (χ2v) is 6.12. The fraction of sp³-hybridized carbons (Fsp3) is 0. The third-order valence-corrected chi connectivity index (χ3v) is 4.15. The van der Waals surface area contributed by atoms with Crippen molar-refractivity contribution in [2.24, 2.45) is 5.10 Å². The van der Waals surface area contributed by atoms with Crippen LogP contribution < -0.4 is 10.6 Å². The average molecular weight is 346 g/mol. The van der Waals surface area contributed by atoms with Crippen LogP contribution in [0.4, 0.5) is 5.82 Å². The second kappa shape index (κ2) is 6.25. The van der Waals surface area contributed by atoms with Crippen LogP contribution in [-0.4, -0.2) is 24.6 Å². The number of halogens is 2. The van der Waals surface area contributed by atoms with Crippen molar-refractivity contribution in [3.63, 3.8) is 0 Å². The lowest BCUT2D eigenvalue weighted by molar-refractivity contribution is 0.584. The Morgan fingerprint density at radius 1 is 1.14 bits per heavy atom. The largest absolute Gasteiger partial charge is 0.382 e. The summed E-state index contributed by atoms with van der Waals surface area (Å²) < 4.78 is 23.8. The Balaban J connectivity index is 2.18. The van der Waals surface area contributed by atoms with Gasteiger partial charge in [0.05, 0.1) is 11.1 Å². The molecular formula is C11H9Cl2N5O2S. The zero-order valence-electron chi connectivity index (χ0n) is 10.4. The molecule has 2 aromatic rings. The summed E-state index contributed by atoms with van der Waals surface area (Å²) >= 11 is 11.3. The first-order valence-corrected chi connectivity index (χ1v) is 7.72. The van der Waals surface area contributed by atoms with E-state index in [9.17, 15) is 8.42 Å². The Labute approximate surface area is 130 Å². The van der Waals surface area contributed by atoms with Gasteiger partial charge >= 0.3 is 0 Å². The van der Waals surface area contributed by atoms with Crippen LogP contribution in [0.3, 0.4) is 0 Å². The van der Waals surface area contributed by atoms with Crippen LogP contribution >= 0.6 is 23.2 Å². The highest BCUT2D eigenvalue weighted by Gasteiger charge is 2.12. The van der Waals surface area contributed by atoms with Crippen molar-refractivity contribution in [3.05, 3.63) is 46.3 Å². The van der Waals surface area contributed by atoms with Gasteiger partial charge in [-0.05, 0) is 12.1 Å². The van der Waals surface area contributed by atoms with Gasteiger partial charge in [0, 0.05) is 0 Å². The molecule has 0 saturated heterocycles. The number of nitrogens with one attached hydrogen (secondary N) is 1. The maximum absolute atomic E-state index is 11.9. The minimum Gasteiger partial charge on any atom is -0.382 e. The molecule has 2 rings (SSSR count). The molecule has 110 valence electrons. The van der Waals surface area contributed by atoms with Crippen LogP contribution in [0.15, 0.2) is 40.3 Å². The van der Waals surface area contributed by atoms with Gasteiger partial charge < -0.3 is 5.73 Å². The van der Waals surface area contributed by atoms with Crippen LogP contribution in [0.25, 0.3) is 0 Å². The Morgan fingerprint density at radius 3 is 2.43 bits per heavy atom. The molecule has 0 atom stereocenters. The number of hydrazone groups is 1. The molecule has 1 heterocycles. The number of anilines is 1. The number of rotatable bonds is 4. The van der Waals surface area contributed by atoms with Crippen molar-refractivity contribution >= 4 is 45.3 Å². The first-order valence-electron chi connectivity index (χ1n) is 5.48. The molecule has 0 bridgehead atoms. The highest BCUT2D eigenvalue weighted by Crippen LogP contribution is 2.19. The summed E-state index contributed by atoms with van der Waals surface area (Å²) in [6, 6.07) is 7.77. The monoisotopic (exact) mass is 345 g/mol. The van der Waals surface area contributed by atoms with Gasteiger partial charge in [0.2, 0.25) is 0 Å². The van der Waals surface area contributed by atoms with Gasteiger partial charge in [-0.15, -0.1) is 0 Å². The molecule has 7 nitrogen and oxygen atoms in total. The molecule has 0 radical (unpaired) electrons. The first-order chi connectivity index (χ1) is 9.90. The number of nitrogens with zero attached hydrogens (tertiary/aromatic N) is 3. The zero-order valence-corrected chi connectivity index (χ0v) is 12.7. The molecular weight excluding hydrogens is 337 g/mol. The summed E-state index contributed by atoms with van der Waals surface area (Å²) in [5.74, 6) is -0.0212. The Hall–Kier alpha value is -1.90. The van der Waals surface area contributed by atoms with E-state index in [1.807, 2.05) is 4.83 Å². The van der Waals surface area contributed by atoms with E-state index >= 15 is 0 Å². The van der Waals surface area contributed by atoms with Crippen molar-refractivity contribution in [2.45, 2.75) is 4.90 Å². The summed E-state index contributed by atoms with van der Waals surface area (Å²) in [6.07, 6.45) is 1.09. The summed E-state index contributed by atoms with van der Waals surface area (Å²) in [4.78, 5) is 9.66. The topological polar surface area (TPSA) is 110 Å². The van der Waals surface area contributed by atoms with Crippen molar-refractivity contribution < 1.29 is 8.42 Å². The van der Waals surface area contributed by atoms with E-state index in [0.717, 1.165) is 6.21 Å². The molecule has 3 N–H and O–H groups in total. The maximum atomic E-state index is 11.9. The van der Waals surface area contributed by atoms with Gasteiger partial charge in [0.25, 0.3) is 10.0 Å². The van der Waals surface area contributed by atoms with Crippen LogP contribution in [0.2, 0.25) is 10.3 Å². The number of hydrogen-bond acceptors (Lipinski definition) is 6. The standard InChI is InChI=1S/C11H9Cl2N5O2S/c12-9-10(13)17-11(14)8(16-9)6-15-18-21(19,20)7-4-2-1-3-5-7/h1-6,18H,(H2,14,17). The first kappa shape index (κ1) is 15.5. The van der Waals surface area contributed by atoms with Gasteiger partial charge in [-0.25, -0.2) is 14.8 Å². The molecule has 0 spiro atoms. The molecule has 1 aromatic heterocycles. The van der Waals surface area contributed by atoms with E-state index in [-0.39, 0.29) is 26.7 Å². The van der Waals surface area contributed by atoms with Crippen LogP contribution in [0.1, 0.15) is 5.69 Å². The molecule has 0 amide bonds. The van der Waals surface area contributed by atoms with E-state index in [1.54, 1.807) is 18.2 Å². The van der Waals surface area contributed by atoms with Crippen molar-refractivity contribution in [2.75, 3.05) is 5.73 Å². The maximum Gasteiger partial charge on any atom is 0.276 e. The third-order valence-electron chi connectivity index (χ3n) is 2.28. The predicted octanol–water partition coefficient (Wildman–Crippen LogP) is 1.68. The van der Waals surface area contributed by atoms with Gasteiger partial charge in [0.1, 0.15) is 5.69 Å². The molecule has 0 saturated carbocycles. The summed E-state index contributed by atoms with van der Waals surface area (Å²) in [6.45, 7) is 0. The summed E-state index contributed by atoms with van der Waals surface area (Å²) in [5, 5.41) is 3.47. The van der Waals surface area contributed by atoms with E-state index < -0.39 is 10.0 Å². The zero-order chi connectivity index (χ0) is 15.5. The van der Waals surface area contributed by atoms with E-state index in [1.165, 1.54) is 12.1 Å². The molecule has 0 fully saturated rings. The molecule has 21 heavy (non-hydrogen) atoms. The average Bonchev–Trinajstić information content (AvgIpc) is 2.45. The highest BCUT2D eigenvalue weighted by atomic mass is 35.5. The Bertz CT molecular complexity index is 781. The predicted molar refractivity (Wildman–Crippen MR) is 80.8 cm³/mol. The van der Waals surface area contributed by atoms with Crippen LogP contribution in [0, 0.1) is 0 Å². The molecule has 0 aliphatic heterocycles. The fourth-order valence-corrected chi connectivity index (χ4v) is 2.40. The highest BCUT2D eigenvalue weighted by molar-refractivity contribution is 7.89. The number of nitrogens with two attached hydrogens (primary N) is 1. The molecule has 1 aromatic carbocycles. The summed E-state index contributed by atoms with van der Waals surface area (Å²) in [5.41, 5.74) is 5.66. The van der Waals surface area contributed by atoms with Crippen molar-refractivity contribution in [1.29, 1.82) is 0 Å². The molecule has 0 aliphatic rings. The fourth-order valence-electron chi connectivity index (χ4n) is 1.32. The number of aromatic nitrogens is 2. The van der Waals surface area contributed by atoms with E-state index in [4.69, 9.17) is 28.9 Å². The van der Waals surface area contributed by atoms with Crippen molar-refractivity contribution in [1.82, 2.24) is 14.8 Å². The molecule has 10 heteroatoms. The number of sulfonamides is 1. The lowest BCUT2D eigenvalue weighted by Gasteiger charge is -2.03. The second-order valence-electron chi connectivity index (χ2n) is 3.74. The normalized spacial score (nSPS) is 11.7. The molecule has 0 unspecified atom stereocenters. The van der Waals surface area contributed by atoms with Gasteiger partial charge in [-0.3, -0.25) is 0 Å². The minimum atomic E-state index is -3.76. The number of benzene rings is 1. The van der Waals surface area contributed by atoms with Gasteiger partial charge in [0.15, 0.2) is 16.1 Å². The third kappa shape index (κ3) is 3.81. The SMILES string of the molecule is Nc1nc(Cl)c(Cl)nc1C=NNS(=O)(=O)c1ccccc1. The van der Waals surface area contributed by atoms with Gasteiger partial charge in [-0.1, -0.05) is 41.4 Å². The number of nitrogen functional groups attached to an aromatic ring is 1. The quantitative estimate of drug-likeness (QED) is 0.646. The lowest BCUT2D eigenvalue weighted by Crippen LogP contribution is -2.18. The summed E-state index contributed by atoms with van der Waals surface area (Å²) in [7, 11) is -3.76. The van der Waals surface area contributed by atoms with Crippen LogP contribution in [0.5, 0.6) is 0 Å². The molecule has 0 aliphatic carbocycles. The number of hydrogen-bond donors (Lipinski definition) is 2. The Morgan fingerprint density at radius 2 is 1.76 bits per heavy atom. The van der Waals surface area contributed by atoms with E-state index in [0.29, 0.717) is 0 Å². The smallest absolute Gasteiger partial charge is 0.276 e. The van der Waals surface area contributed by atoms with Gasteiger partial charge in [-0.2, -0.15) is 13.5 Å². The lowest BCUT2D eigenvalue weighted by atomic mass is 10.4. The van der Waals surface area contributed by atoms with E-state index in [2.05, 4.69) is 15.1 Å². The Kier molecular flexibility index (Phi) is 4.61. The van der Waals surface area contributed by atoms with Crippen molar-refractivity contribution in [3.8, 4) is 0 Å². The van der Waals surface area contributed by atoms with Crippen LogP contribution in [-0.2, 0) is 10.0 Å². The minimum absolute atomic E-state index is 0.0212.